The van der Waals surface area contributed by atoms with Crippen molar-refractivity contribution in [3.05, 3.63) is 29.6 Å². The molecule has 126 valence electrons. The van der Waals surface area contributed by atoms with Crippen LogP contribution in [0.2, 0.25) is 0 Å². The molecule has 0 saturated carbocycles. The number of piperidine rings is 1. The molecular formula is C19H24N4O. The van der Waals surface area contributed by atoms with Gasteiger partial charge in [0.15, 0.2) is 0 Å². The second-order valence-electron chi connectivity index (χ2n) is 7.55. The Bertz CT molecular complexity index is 794. The van der Waals surface area contributed by atoms with Gasteiger partial charge in [-0.05, 0) is 48.8 Å². The summed E-state index contributed by atoms with van der Waals surface area (Å²) in [5.41, 5.74) is 11.2. The Morgan fingerprint density at radius 2 is 1.88 bits per heavy atom. The van der Waals surface area contributed by atoms with Gasteiger partial charge < -0.3 is 15.7 Å². The molecule has 0 unspecified atom stereocenters. The number of nitrogen functional groups attached to an aromatic ring is 1. The normalized spacial score (nSPS) is 18.8. The number of hydrogen-bond donors (Lipinski definition) is 2. The number of phenolic OH excluding ortho intramolecular Hbond substituents is 1. The van der Waals surface area contributed by atoms with Crippen LogP contribution in [0.25, 0.3) is 11.3 Å². The van der Waals surface area contributed by atoms with Gasteiger partial charge in [0.1, 0.15) is 17.9 Å². The molecule has 1 aromatic carbocycles. The van der Waals surface area contributed by atoms with E-state index in [-0.39, 0.29) is 5.41 Å². The van der Waals surface area contributed by atoms with E-state index in [0.29, 0.717) is 11.6 Å². The Hall–Kier alpha value is -2.30. The summed E-state index contributed by atoms with van der Waals surface area (Å²) in [4.78, 5) is 11.1. The molecule has 4 rings (SSSR count). The third kappa shape index (κ3) is 2.22. The van der Waals surface area contributed by atoms with Gasteiger partial charge in [-0.25, -0.2) is 9.97 Å². The lowest BCUT2D eigenvalue weighted by Gasteiger charge is -2.38. The quantitative estimate of drug-likeness (QED) is 0.842. The number of aromatic hydroxyl groups is 1. The maximum atomic E-state index is 10.6. The smallest absolute Gasteiger partial charge is 0.139 e. The first-order chi connectivity index (χ1) is 11.5. The van der Waals surface area contributed by atoms with Crippen LogP contribution in [0.1, 0.15) is 44.2 Å². The minimum Gasteiger partial charge on any atom is -0.506 e. The highest BCUT2D eigenvalue weighted by Crippen LogP contribution is 2.49. The molecule has 3 N–H and O–H groups in total. The first-order valence-corrected chi connectivity index (χ1v) is 8.70. The fraction of sp³-hybridized carbons (Fsp3) is 0.474. The van der Waals surface area contributed by atoms with Crippen molar-refractivity contribution < 1.29 is 5.11 Å². The van der Waals surface area contributed by atoms with Crippen molar-refractivity contribution in [2.24, 2.45) is 0 Å². The van der Waals surface area contributed by atoms with E-state index in [4.69, 9.17) is 5.73 Å². The summed E-state index contributed by atoms with van der Waals surface area (Å²) in [6.45, 7) is 6.36. The summed E-state index contributed by atoms with van der Waals surface area (Å²) in [6.07, 6.45) is 5.99. The number of aromatic nitrogens is 2. The SMILES string of the molecule is CC1(C)Cc2c(ccc(O)c2N2CCCCC2)-c2ncnc(N)c21. The first kappa shape index (κ1) is 15.2. The van der Waals surface area contributed by atoms with Gasteiger partial charge >= 0.3 is 0 Å². The Labute approximate surface area is 142 Å². The maximum absolute atomic E-state index is 10.6. The molecule has 0 radical (unpaired) electrons. The van der Waals surface area contributed by atoms with Crippen molar-refractivity contribution in [2.45, 2.75) is 44.9 Å². The zero-order valence-electron chi connectivity index (χ0n) is 14.3. The molecule has 1 aliphatic heterocycles. The fourth-order valence-electron chi connectivity index (χ4n) is 4.30. The Kier molecular flexibility index (Phi) is 3.41. The van der Waals surface area contributed by atoms with Crippen molar-refractivity contribution in [3.63, 3.8) is 0 Å². The van der Waals surface area contributed by atoms with E-state index in [9.17, 15) is 5.11 Å². The number of fused-ring (bicyclic) bond motifs is 3. The molecule has 2 heterocycles. The van der Waals surface area contributed by atoms with Gasteiger partial charge in [0.05, 0.1) is 11.4 Å². The van der Waals surface area contributed by atoms with Crippen LogP contribution in [0.5, 0.6) is 5.75 Å². The van der Waals surface area contributed by atoms with Crippen LogP contribution in [0.3, 0.4) is 0 Å². The van der Waals surface area contributed by atoms with E-state index in [1.807, 2.05) is 6.07 Å². The number of nitrogens with two attached hydrogens (primary N) is 1. The Morgan fingerprint density at radius 1 is 1.12 bits per heavy atom. The van der Waals surface area contributed by atoms with Crippen LogP contribution < -0.4 is 10.6 Å². The summed E-state index contributed by atoms with van der Waals surface area (Å²) in [6, 6.07) is 3.77. The first-order valence-electron chi connectivity index (χ1n) is 8.70. The minimum atomic E-state index is -0.161. The zero-order valence-corrected chi connectivity index (χ0v) is 14.3. The number of benzene rings is 1. The monoisotopic (exact) mass is 324 g/mol. The lowest BCUT2D eigenvalue weighted by atomic mass is 9.71. The van der Waals surface area contributed by atoms with E-state index in [1.165, 1.54) is 31.2 Å². The molecule has 1 aliphatic carbocycles. The molecule has 0 amide bonds. The summed E-state index contributed by atoms with van der Waals surface area (Å²) in [7, 11) is 0. The molecular weight excluding hydrogens is 300 g/mol. The summed E-state index contributed by atoms with van der Waals surface area (Å²) in [5.74, 6) is 0.931. The zero-order chi connectivity index (χ0) is 16.9. The lowest BCUT2D eigenvalue weighted by molar-refractivity contribution is 0.464. The topological polar surface area (TPSA) is 75.3 Å². The molecule has 2 aromatic rings. The van der Waals surface area contributed by atoms with Crippen LogP contribution in [0.4, 0.5) is 11.5 Å². The second kappa shape index (κ2) is 5.36. The average Bonchev–Trinajstić information content (AvgIpc) is 2.55. The number of hydrogen-bond acceptors (Lipinski definition) is 5. The third-order valence-electron chi connectivity index (χ3n) is 5.36. The van der Waals surface area contributed by atoms with Crippen molar-refractivity contribution in [2.75, 3.05) is 23.7 Å². The molecule has 24 heavy (non-hydrogen) atoms. The van der Waals surface area contributed by atoms with Crippen molar-refractivity contribution in [1.82, 2.24) is 9.97 Å². The number of nitrogens with zero attached hydrogens (tertiary/aromatic N) is 3. The number of anilines is 2. The molecule has 0 spiro atoms. The van der Waals surface area contributed by atoms with Gasteiger partial charge in [0, 0.05) is 24.2 Å². The molecule has 0 bridgehead atoms. The Balaban J connectivity index is 1.95. The van der Waals surface area contributed by atoms with Crippen LogP contribution in [-0.2, 0) is 11.8 Å². The fourth-order valence-corrected chi connectivity index (χ4v) is 4.30. The van der Waals surface area contributed by atoms with Crippen LogP contribution in [-0.4, -0.2) is 28.2 Å². The molecule has 5 nitrogen and oxygen atoms in total. The second-order valence-corrected chi connectivity index (χ2v) is 7.55. The minimum absolute atomic E-state index is 0.161. The summed E-state index contributed by atoms with van der Waals surface area (Å²) in [5, 5.41) is 10.6. The van der Waals surface area contributed by atoms with Gasteiger partial charge in [-0.3, -0.25) is 0 Å². The highest BCUT2D eigenvalue weighted by molar-refractivity contribution is 5.83. The van der Waals surface area contributed by atoms with Crippen molar-refractivity contribution in [1.29, 1.82) is 0 Å². The maximum Gasteiger partial charge on any atom is 0.139 e. The molecule has 1 aromatic heterocycles. The van der Waals surface area contributed by atoms with E-state index in [0.717, 1.165) is 42.0 Å². The van der Waals surface area contributed by atoms with Gasteiger partial charge in [-0.1, -0.05) is 13.8 Å². The molecule has 2 aliphatic rings. The number of phenols is 1. The van der Waals surface area contributed by atoms with E-state index < -0.39 is 0 Å². The van der Waals surface area contributed by atoms with E-state index in [2.05, 4.69) is 28.7 Å². The molecule has 1 saturated heterocycles. The van der Waals surface area contributed by atoms with Gasteiger partial charge in [0.2, 0.25) is 0 Å². The highest BCUT2D eigenvalue weighted by atomic mass is 16.3. The van der Waals surface area contributed by atoms with E-state index >= 15 is 0 Å². The summed E-state index contributed by atoms with van der Waals surface area (Å²) < 4.78 is 0. The average molecular weight is 324 g/mol. The largest absolute Gasteiger partial charge is 0.506 e. The molecule has 1 fully saturated rings. The Morgan fingerprint density at radius 3 is 2.62 bits per heavy atom. The van der Waals surface area contributed by atoms with Gasteiger partial charge in [0.25, 0.3) is 0 Å². The third-order valence-corrected chi connectivity index (χ3v) is 5.36. The lowest BCUT2D eigenvalue weighted by Crippen LogP contribution is -2.33. The number of rotatable bonds is 1. The van der Waals surface area contributed by atoms with Crippen LogP contribution in [0, 0.1) is 0 Å². The van der Waals surface area contributed by atoms with Crippen LogP contribution >= 0.6 is 0 Å². The van der Waals surface area contributed by atoms with Crippen molar-refractivity contribution >= 4 is 11.5 Å². The summed E-state index contributed by atoms with van der Waals surface area (Å²) >= 11 is 0. The molecule has 5 heteroatoms. The van der Waals surface area contributed by atoms with E-state index in [1.54, 1.807) is 6.07 Å². The van der Waals surface area contributed by atoms with Crippen molar-refractivity contribution in [3.8, 4) is 17.0 Å². The van der Waals surface area contributed by atoms with Gasteiger partial charge in [-0.2, -0.15) is 0 Å². The predicted molar refractivity (Wildman–Crippen MR) is 96.3 cm³/mol. The van der Waals surface area contributed by atoms with Gasteiger partial charge in [-0.15, -0.1) is 0 Å². The van der Waals surface area contributed by atoms with Crippen LogP contribution in [0.15, 0.2) is 18.5 Å². The highest BCUT2D eigenvalue weighted by Gasteiger charge is 2.37. The molecule has 0 atom stereocenters. The predicted octanol–water partition coefficient (Wildman–Crippen LogP) is 3.26. The standard InChI is InChI=1S/C19H24N4O/c1-19(2)10-13-12(16-15(19)18(20)22-11-21-16)6-7-14(24)17(13)23-8-4-3-5-9-23/h6-7,11,24H,3-5,8-10H2,1-2H3,(H2,20,21,22).